The van der Waals surface area contributed by atoms with Gasteiger partial charge in [0, 0.05) is 17.8 Å². The number of hydrogen-bond donors (Lipinski definition) is 1. The van der Waals surface area contributed by atoms with Crippen LogP contribution in [-0.2, 0) is 0 Å². The minimum Gasteiger partial charge on any atom is -0.324 e. The van der Waals surface area contributed by atoms with E-state index in [1.54, 1.807) is 0 Å². The summed E-state index contributed by atoms with van der Waals surface area (Å²) in [5.41, 5.74) is 10.6. The molecule has 0 radical (unpaired) electrons. The zero-order chi connectivity index (χ0) is 13.2. The molecule has 0 amide bonds. The molecule has 2 N–H and O–H groups in total. The van der Waals surface area contributed by atoms with E-state index in [-0.39, 0.29) is 6.04 Å². The Balaban J connectivity index is 1.81. The molecular formula is C17H20N2. The van der Waals surface area contributed by atoms with E-state index in [1.165, 1.54) is 30.4 Å². The summed E-state index contributed by atoms with van der Waals surface area (Å²) in [5, 5.41) is 0. The minimum absolute atomic E-state index is 0.0440. The fraction of sp³-hybridized carbons (Fsp3) is 0.353. The lowest BCUT2D eigenvalue weighted by Gasteiger charge is -2.25. The van der Waals surface area contributed by atoms with Crippen LogP contribution in [0.25, 0.3) is 11.3 Å². The van der Waals surface area contributed by atoms with Crippen LogP contribution in [0.2, 0.25) is 0 Å². The maximum absolute atomic E-state index is 5.84. The van der Waals surface area contributed by atoms with E-state index in [2.05, 4.69) is 41.4 Å². The predicted molar refractivity (Wildman–Crippen MR) is 78.9 cm³/mol. The van der Waals surface area contributed by atoms with Crippen molar-refractivity contribution in [3.8, 4) is 11.3 Å². The summed E-state index contributed by atoms with van der Waals surface area (Å²) < 4.78 is 0. The van der Waals surface area contributed by atoms with Gasteiger partial charge in [0.2, 0.25) is 0 Å². The Morgan fingerprint density at radius 2 is 1.84 bits per heavy atom. The molecule has 98 valence electrons. The third-order valence-corrected chi connectivity index (χ3v) is 4.10. The normalized spacial score (nSPS) is 16.9. The van der Waals surface area contributed by atoms with Crippen LogP contribution in [0.15, 0.2) is 42.6 Å². The molecule has 2 aromatic rings. The van der Waals surface area contributed by atoms with Gasteiger partial charge in [-0.25, -0.2) is 0 Å². The highest BCUT2D eigenvalue weighted by Gasteiger charge is 2.19. The topological polar surface area (TPSA) is 38.9 Å². The lowest BCUT2D eigenvalue weighted by Crippen LogP contribution is -2.08. The fourth-order valence-corrected chi connectivity index (χ4v) is 2.51. The largest absolute Gasteiger partial charge is 0.324 e. The zero-order valence-corrected chi connectivity index (χ0v) is 11.3. The molecule has 1 atom stereocenters. The molecular weight excluding hydrogens is 232 g/mol. The molecule has 2 heteroatoms. The molecule has 1 heterocycles. The summed E-state index contributed by atoms with van der Waals surface area (Å²) in [4.78, 5) is 4.50. The van der Waals surface area contributed by atoms with Crippen molar-refractivity contribution in [2.24, 2.45) is 5.73 Å². The monoisotopic (exact) mass is 252 g/mol. The van der Waals surface area contributed by atoms with Crippen molar-refractivity contribution in [2.45, 2.75) is 38.1 Å². The third kappa shape index (κ3) is 2.54. The van der Waals surface area contributed by atoms with Gasteiger partial charge in [0.05, 0.1) is 5.69 Å². The van der Waals surface area contributed by atoms with Crippen molar-refractivity contribution in [1.82, 2.24) is 4.98 Å². The SMILES string of the molecule is CC(N)c1ccc(-c2ccc(C3CCC3)cc2)nc1. The first-order chi connectivity index (χ1) is 9.24. The van der Waals surface area contributed by atoms with E-state index < -0.39 is 0 Å². The van der Waals surface area contributed by atoms with E-state index in [1.807, 2.05) is 13.1 Å². The molecule has 1 aromatic carbocycles. The number of nitrogens with two attached hydrogens (primary N) is 1. The lowest BCUT2D eigenvalue weighted by molar-refractivity contribution is 0.420. The standard InChI is InChI=1S/C17H20N2/c1-12(18)16-9-10-17(19-11-16)15-7-5-14(6-8-15)13-3-2-4-13/h5-13H,2-4,18H2,1H3. The molecule has 3 rings (SSSR count). The number of benzene rings is 1. The van der Waals surface area contributed by atoms with Crippen molar-refractivity contribution in [2.75, 3.05) is 0 Å². The van der Waals surface area contributed by atoms with E-state index in [0.717, 1.165) is 17.2 Å². The van der Waals surface area contributed by atoms with Gasteiger partial charge in [-0.05, 0) is 42.9 Å². The van der Waals surface area contributed by atoms with Gasteiger partial charge in [-0.15, -0.1) is 0 Å². The highest BCUT2D eigenvalue weighted by Crippen LogP contribution is 2.36. The molecule has 1 fully saturated rings. The Morgan fingerprint density at radius 1 is 1.11 bits per heavy atom. The Hall–Kier alpha value is -1.67. The molecule has 1 aliphatic carbocycles. The maximum Gasteiger partial charge on any atom is 0.0702 e. The van der Waals surface area contributed by atoms with E-state index in [4.69, 9.17) is 5.73 Å². The predicted octanol–water partition coefficient (Wildman–Crippen LogP) is 4.04. The van der Waals surface area contributed by atoms with Crippen LogP contribution in [0.3, 0.4) is 0 Å². The second-order valence-electron chi connectivity index (χ2n) is 5.52. The smallest absolute Gasteiger partial charge is 0.0702 e. The van der Waals surface area contributed by atoms with Crippen LogP contribution in [0.5, 0.6) is 0 Å². The summed E-state index contributed by atoms with van der Waals surface area (Å²) in [5.74, 6) is 0.794. The van der Waals surface area contributed by atoms with Gasteiger partial charge in [-0.3, -0.25) is 4.98 Å². The van der Waals surface area contributed by atoms with Crippen LogP contribution < -0.4 is 5.73 Å². The number of aromatic nitrogens is 1. The average Bonchev–Trinajstić information content (AvgIpc) is 2.38. The van der Waals surface area contributed by atoms with Crippen LogP contribution in [0, 0.1) is 0 Å². The van der Waals surface area contributed by atoms with E-state index in [9.17, 15) is 0 Å². The maximum atomic E-state index is 5.84. The molecule has 19 heavy (non-hydrogen) atoms. The zero-order valence-electron chi connectivity index (χ0n) is 11.3. The Bertz CT molecular complexity index is 536. The summed E-state index contributed by atoms with van der Waals surface area (Å²) >= 11 is 0. The van der Waals surface area contributed by atoms with Gasteiger partial charge in [-0.1, -0.05) is 36.8 Å². The molecule has 1 saturated carbocycles. The van der Waals surface area contributed by atoms with Gasteiger partial charge in [-0.2, -0.15) is 0 Å². The fourth-order valence-electron chi connectivity index (χ4n) is 2.51. The van der Waals surface area contributed by atoms with Crippen molar-refractivity contribution >= 4 is 0 Å². The number of nitrogens with zero attached hydrogens (tertiary/aromatic N) is 1. The molecule has 0 bridgehead atoms. The van der Waals surface area contributed by atoms with Gasteiger partial charge >= 0.3 is 0 Å². The van der Waals surface area contributed by atoms with Crippen LogP contribution in [0.4, 0.5) is 0 Å². The van der Waals surface area contributed by atoms with Crippen molar-refractivity contribution in [1.29, 1.82) is 0 Å². The van der Waals surface area contributed by atoms with Gasteiger partial charge in [0.25, 0.3) is 0 Å². The first-order valence-corrected chi connectivity index (χ1v) is 7.06. The lowest BCUT2D eigenvalue weighted by atomic mass is 9.80. The Labute approximate surface area is 114 Å². The Kier molecular flexibility index (Phi) is 3.34. The molecule has 1 unspecified atom stereocenters. The van der Waals surface area contributed by atoms with Crippen LogP contribution >= 0.6 is 0 Å². The number of rotatable bonds is 3. The van der Waals surface area contributed by atoms with Gasteiger partial charge < -0.3 is 5.73 Å². The van der Waals surface area contributed by atoms with Crippen molar-refractivity contribution in [3.63, 3.8) is 0 Å². The molecule has 0 saturated heterocycles. The van der Waals surface area contributed by atoms with Crippen LogP contribution in [-0.4, -0.2) is 4.98 Å². The van der Waals surface area contributed by atoms with Crippen molar-refractivity contribution in [3.05, 3.63) is 53.7 Å². The first-order valence-electron chi connectivity index (χ1n) is 7.06. The third-order valence-electron chi connectivity index (χ3n) is 4.10. The number of hydrogen-bond acceptors (Lipinski definition) is 2. The molecule has 1 aromatic heterocycles. The summed E-state index contributed by atoms with van der Waals surface area (Å²) in [6.07, 6.45) is 5.95. The average molecular weight is 252 g/mol. The number of pyridine rings is 1. The second kappa shape index (κ2) is 5.14. The summed E-state index contributed by atoms with van der Waals surface area (Å²) in [7, 11) is 0. The molecule has 1 aliphatic rings. The van der Waals surface area contributed by atoms with Gasteiger partial charge in [0.15, 0.2) is 0 Å². The molecule has 0 spiro atoms. The molecule has 2 nitrogen and oxygen atoms in total. The van der Waals surface area contributed by atoms with E-state index >= 15 is 0 Å². The van der Waals surface area contributed by atoms with Crippen molar-refractivity contribution < 1.29 is 0 Å². The summed E-state index contributed by atoms with van der Waals surface area (Å²) in [6.45, 7) is 1.98. The Morgan fingerprint density at radius 3 is 2.32 bits per heavy atom. The highest BCUT2D eigenvalue weighted by atomic mass is 14.7. The minimum atomic E-state index is 0.0440. The highest BCUT2D eigenvalue weighted by molar-refractivity contribution is 5.59. The van der Waals surface area contributed by atoms with Crippen LogP contribution in [0.1, 0.15) is 49.3 Å². The van der Waals surface area contributed by atoms with E-state index in [0.29, 0.717) is 0 Å². The molecule has 0 aliphatic heterocycles. The second-order valence-corrected chi connectivity index (χ2v) is 5.52. The summed E-state index contributed by atoms with van der Waals surface area (Å²) in [6, 6.07) is 13.0. The van der Waals surface area contributed by atoms with Gasteiger partial charge in [0.1, 0.15) is 0 Å². The quantitative estimate of drug-likeness (QED) is 0.895. The first kappa shape index (κ1) is 12.4.